The van der Waals surface area contributed by atoms with Gasteiger partial charge in [0.05, 0.1) is 0 Å². The van der Waals surface area contributed by atoms with Crippen LogP contribution < -0.4 is 19.8 Å². The molecule has 3 heterocycles. The van der Waals surface area contributed by atoms with Crippen molar-refractivity contribution in [1.29, 1.82) is 0 Å². The van der Waals surface area contributed by atoms with E-state index in [2.05, 4.69) is 99.7 Å². The summed E-state index contributed by atoms with van der Waals surface area (Å²) in [6.07, 6.45) is 0. The van der Waals surface area contributed by atoms with Crippen molar-refractivity contribution in [3.05, 3.63) is 151 Å². The lowest BCUT2D eigenvalue weighted by Crippen LogP contribution is -2.56. The van der Waals surface area contributed by atoms with Crippen molar-refractivity contribution in [3.8, 4) is 68.3 Å². The van der Waals surface area contributed by atoms with Crippen LogP contribution in [0.2, 0.25) is 13.1 Å². The first-order valence-corrected chi connectivity index (χ1v) is 20.0. The van der Waals surface area contributed by atoms with E-state index in [1.807, 2.05) is 66.7 Å². The Morgan fingerprint density at radius 2 is 0.880 bits per heavy atom. The number of ether oxygens (including phenoxy) is 2. The van der Waals surface area contributed by atoms with Crippen molar-refractivity contribution in [1.82, 2.24) is 15.0 Å². The van der Waals surface area contributed by atoms with Gasteiger partial charge in [-0.1, -0.05) is 130 Å². The summed E-state index contributed by atoms with van der Waals surface area (Å²) in [6.45, 7) is 9.33. The fourth-order valence-corrected chi connectivity index (χ4v) is 10.2. The normalized spacial score (nSPS) is 14.6. The Labute approximate surface area is 293 Å². The van der Waals surface area contributed by atoms with E-state index >= 15 is 0 Å². The molecule has 50 heavy (non-hydrogen) atoms. The predicted molar refractivity (Wildman–Crippen MR) is 203 cm³/mol. The zero-order valence-corrected chi connectivity index (χ0v) is 29.4. The number of rotatable bonds is 4. The van der Waals surface area contributed by atoms with Gasteiger partial charge < -0.3 is 9.47 Å². The molecule has 6 heteroatoms. The smallest absolute Gasteiger partial charge is 0.164 e. The molecular formula is C44H35N3O2Si. The molecule has 0 saturated carbocycles. The zero-order chi connectivity index (χ0) is 34.0. The van der Waals surface area contributed by atoms with Crippen molar-refractivity contribution < 1.29 is 9.47 Å². The standard InChI is InChI=1S/C44H35N3O2Si/c1-44(2)33-17-11-12-18-35(33)48-38-25-30(19-22-34(38)44)31-20-23-36-39(26-31)50(3,4)40-27-32(21-24-37(40)49-36)43-46-41(28-13-7-5-8-14-28)45-42(47-43)29-15-9-6-10-16-29/h5-27H,1-4H3. The van der Waals surface area contributed by atoms with E-state index in [0.29, 0.717) is 17.5 Å². The molecule has 0 amide bonds. The lowest BCUT2D eigenvalue weighted by Gasteiger charge is -2.35. The summed E-state index contributed by atoms with van der Waals surface area (Å²) >= 11 is 0. The van der Waals surface area contributed by atoms with E-state index in [-0.39, 0.29) is 5.41 Å². The number of fused-ring (bicyclic) bond motifs is 4. The Kier molecular flexibility index (Phi) is 6.87. The van der Waals surface area contributed by atoms with E-state index in [1.165, 1.54) is 21.5 Å². The first kappa shape index (κ1) is 30.2. The summed E-state index contributed by atoms with van der Waals surface area (Å²) in [5.41, 5.74) is 7.37. The number of aromatic nitrogens is 3. The molecule has 6 aromatic carbocycles. The van der Waals surface area contributed by atoms with Gasteiger partial charge in [0.25, 0.3) is 0 Å². The summed E-state index contributed by atoms with van der Waals surface area (Å²) < 4.78 is 13.1. The second kappa shape index (κ2) is 11.4. The third-order valence-corrected chi connectivity index (χ3v) is 13.7. The van der Waals surface area contributed by atoms with Gasteiger partial charge in [0, 0.05) is 33.2 Å². The maximum absolute atomic E-state index is 6.59. The molecule has 7 aromatic rings. The molecule has 0 unspecified atom stereocenters. The van der Waals surface area contributed by atoms with Crippen LogP contribution in [-0.2, 0) is 5.41 Å². The Hall–Kier alpha value is -5.85. The predicted octanol–water partition coefficient (Wildman–Crippen LogP) is 9.90. The number of benzene rings is 6. The first-order valence-electron chi connectivity index (χ1n) is 17.0. The molecule has 242 valence electrons. The van der Waals surface area contributed by atoms with Gasteiger partial charge in [-0.25, -0.2) is 15.0 Å². The van der Waals surface area contributed by atoms with E-state index in [4.69, 9.17) is 24.4 Å². The first-order chi connectivity index (χ1) is 24.3. The number of nitrogens with zero attached hydrogens (tertiary/aromatic N) is 3. The molecule has 9 rings (SSSR count). The Morgan fingerprint density at radius 3 is 1.52 bits per heavy atom. The second-order valence-corrected chi connectivity index (χ2v) is 18.4. The van der Waals surface area contributed by atoms with Crippen LogP contribution in [0.1, 0.15) is 25.0 Å². The van der Waals surface area contributed by atoms with Gasteiger partial charge in [-0.2, -0.15) is 0 Å². The van der Waals surface area contributed by atoms with E-state index in [9.17, 15) is 0 Å². The molecule has 0 aliphatic carbocycles. The highest BCUT2D eigenvalue weighted by Crippen LogP contribution is 2.48. The van der Waals surface area contributed by atoms with Crippen molar-refractivity contribution in [2.45, 2.75) is 32.4 Å². The molecule has 1 aromatic heterocycles. The van der Waals surface area contributed by atoms with Gasteiger partial charge in [-0.3, -0.25) is 0 Å². The Morgan fingerprint density at radius 1 is 0.420 bits per heavy atom. The molecule has 2 aliphatic rings. The third kappa shape index (κ3) is 4.94. The minimum Gasteiger partial charge on any atom is -0.458 e. The zero-order valence-electron chi connectivity index (χ0n) is 28.4. The van der Waals surface area contributed by atoms with Crippen LogP contribution in [0, 0.1) is 0 Å². The maximum Gasteiger partial charge on any atom is 0.164 e. The molecular weight excluding hydrogens is 631 g/mol. The minimum atomic E-state index is -2.24. The van der Waals surface area contributed by atoms with E-state index < -0.39 is 8.07 Å². The summed E-state index contributed by atoms with van der Waals surface area (Å²) in [5, 5.41) is 2.48. The van der Waals surface area contributed by atoms with Crippen molar-refractivity contribution in [2.75, 3.05) is 0 Å². The van der Waals surface area contributed by atoms with Gasteiger partial charge in [0.2, 0.25) is 0 Å². The summed E-state index contributed by atoms with van der Waals surface area (Å²) in [5.74, 6) is 5.60. The number of para-hydroxylation sites is 1. The maximum atomic E-state index is 6.59. The number of hydrogen-bond donors (Lipinski definition) is 0. The highest BCUT2D eigenvalue weighted by atomic mass is 28.3. The molecule has 0 fully saturated rings. The van der Waals surface area contributed by atoms with Gasteiger partial charge in [0.1, 0.15) is 31.1 Å². The van der Waals surface area contributed by atoms with Crippen LogP contribution in [-0.4, -0.2) is 23.0 Å². The van der Waals surface area contributed by atoms with Gasteiger partial charge in [0.15, 0.2) is 17.5 Å². The Bertz CT molecular complexity index is 2380. The molecule has 0 bridgehead atoms. The average molecular weight is 666 g/mol. The SMILES string of the molecule is CC1(C)c2ccccc2Oc2cc(-c3ccc4c(c3)[Si](C)(C)c3cc(-c5nc(-c6ccccc6)nc(-c6ccccc6)n5)ccc3O4)ccc21. The minimum absolute atomic E-state index is 0.148. The molecule has 0 saturated heterocycles. The molecule has 5 nitrogen and oxygen atoms in total. The molecule has 0 N–H and O–H groups in total. The second-order valence-electron chi connectivity index (χ2n) is 14.1. The summed E-state index contributed by atoms with van der Waals surface area (Å²) in [7, 11) is -2.24. The van der Waals surface area contributed by atoms with Crippen LogP contribution in [0.4, 0.5) is 0 Å². The lowest BCUT2D eigenvalue weighted by atomic mass is 9.75. The monoisotopic (exact) mass is 665 g/mol. The van der Waals surface area contributed by atoms with E-state index in [0.717, 1.165) is 50.8 Å². The molecule has 0 spiro atoms. The van der Waals surface area contributed by atoms with Gasteiger partial charge in [-0.15, -0.1) is 0 Å². The van der Waals surface area contributed by atoms with Gasteiger partial charge >= 0.3 is 0 Å². The van der Waals surface area contributed by atoms with Crippen LogP contribution in [0.5, 0.6) is 23.0 Å². The van der Waals surface area contributed by atoms with Crippen molar-refractivity contribution in [2.24, 2.45) is 0 Å². The fourth-order valence-electron chi connectivity index (χ4n) is 7.37. The summed E-state index contributed by atoms with van der Waals surface area (Å²) in [6, 6.07) is 48.1. The largest absolute Gasteiger partial charge is 0.458 e. The van der Waals surface area contributed by atoms with Crippen LogP contribution in [0.25, 0.3) is 45.3 Å². The van der Waals surface area contributed by atoms with Crippen LogP contribution >= 0.6 is 0 Å². The molecule has 0 atom stereocenters. The van der Waals surface area contributed by atoms with Crippen molar-refractivity contribution in [3.63, 3.8) is 0 Å². The molecule has 0 radical (unpaired) electrons. The van der Waals surface area contributed by atoms with Gasteiger partial charge in [-0.05, 0) is 57.9 Å². The van der Waals surface area contributed by atoms with Crippen LogP contribution in [0.15, 0.2) is 140 Å². The average Bonchev–Trinajstić information content (AvgIpc) is 3.15. The topological polar surface area (TPSA) is 57.1 Å². The lowest BCUT2D eigenvalue weighted by molar-refractivity contribution is 0.418. The quantitative estimate of drug-likeness (QED) is 0.175. The molecule has 2 aliphatic heterocycles. The third-order valence-electron chi connectivity index (χ3n) is 10.3. The summed E-state index contributed by atoms with van der Waals surface area (Å²) in [4.78, 5) is 14.9. The van der Waals surface area contributed by atoms with Crippen LogP contribution in [0.3, 0.4) is 0 Å². The Balaban J connectivity index is 1.10. The fraction of sp³-hybridized carbons (Fsp3) is 0.114. The van der Waals surface area contributed by atoms with E-state index in [1.54, 1.807) is 0 Å². The van der Waals surface area contributed by atoms with Crippen molar-refractivity contribution >= 4 is 18.4 Å². The number of hydrogen-bond acceptors (Lipinski definition) is 5. The highest BCUT2D eigenvalue weighted by Gasteiger charge is 2.38. The highest BCUT2D eigenvalue weighted by molar-refractivity contribution is 7.01.